The van der Waals surface area contributed by atoms with Crippen LogP contribution in [0.2, 0.25) is 5.02 Å². The second-order valence-corrected chi connectivity index (χ2v) is 9.36. The van der Waals surface area contributed by atoms with Crippen LogP contribution in [-0.4, -0.2) is 30.1 Å². The molecular weight excluding hydrogens is 466 g/mol. The van der Waals surface area contributed by atoms with Crippen molar-refractivity contribution < 1.29 is 24.2 Å². The number of hydrogen-bond acceptors (Lipinski definition) is 4. The monoisotopic (exact) mass is 491 g/mol. The van der Waals surface area contributed by atoms with E-state index in [1.807, 2.05) is 6.07 Å². The maximum atomic E-state index is 12.6. The zero-order valence-electron chi connectivity index (χ0n) is 19.1. The summed E-state index contributed by atoms with van der Waals surface area (Å²) in [5.41, 5.74) is 3.80. The molecule has 0 bridgehead atoms. The minimum Gasteiger partial charge on any atom is -0.493 e. The summed E-state index contributed by atoms with van der Waals surface area (Å²) in [4.78, 5) is 24.1. The first-order chi connectivity index (χ1) is 17.0. The number of carbonyl (C=O) groups excluding carboxylic acids is 1. The highest BCUT2D eigenvalue weighted by molar-refractivity contribution is 6.32. The van der Waals surface area contributed by atoms with Crippen molar-refractivity contribution in [1.82, 2.24) is 5.32 Å². The average Bonchev–Trinajstić information content (AvgIpc) is 3.70. The van der Waals surface area contributed by atoms with E-state index < -0.39 is 11.9 Å². The van der Waals surface area contributed by atoms with E-state index in [4.69, 9.17) is 21.1 Å². The van der Waals surface area contributed by atoms with Gasteiger partial charge in [0.15, 0.2) is 0 Å². The van der Waals surface area contributed by atoms with Gasteiger partial charge in [-0.2, -0.15) is 0 Å². The van der Waals surface area contributed by atoms with Gasteiger partial charge >= 0.3 is 5.97 Å². The van der Waals surface area contributed by atoms with Gasteiger partial charge in [0.25, 0.3) is 5.91 Å². The Balaban J connectivity index is 1.20. The van der Waals surface area contributed by atoms with E-state index >= 15 is 0 Å². The van der Waals surface area contributed by atoms with Crippen molar-refractivity contribution in [3.63, 3.8) is 0 Å². The van der Waals surface area contributed by atoms with Crippen molar-refractivity contribution in [3.8, 4) is 17.2 Å². The zero-order chi connectivity index (χ0) is 24.4. The molecule has 1 fully saturated rings. The number of benzene rings is 3. The molecule has 2 aliphatic rings. The van der Waals surface area contributed by atoms with Gasteiger partial charge in [-0.3, -0.25) is 9.59 Å². The summed E-state index contributed by atoms with van der Waals surface area (Å²) in [6.07, 6.45) is 3.71. The summed E-state index contributed by atoms with van der Waals surface area (Å²) >= 11 is 6.37. The Labute approximate surface area is 208 Å². The normalized spacial score (nSPS) is 16.7. The Hall–Kier alpha value is -3.51. The number of nitrogens with one attached hydrogen (secondary N) is 1. The topological polar surface area (TPSA) is 84.9 Å². The number of halogens is 1. The fraction of sp³-hybridized carbons (Fsp3) is 0.286. The number of carboxylic acids is 1. The van der Waals surface area contributed by atoms with E-state index in [1.54, 1.807) is 36.4 Å². The Kier molecular flexibility index (Phi) is 6.64. The molecular formula is C28H26ClNO5. The van der Waals surface area contributed by atoms with Gasteiger partial charge in [-0.1, -0.05) is 35.9 Å². The minimum absolute atomic E-state index is 0.139. The maximum Gasteiger partial charge on any atom is 0.311 e. The predicted molar refractivity (Wildman–Crippen MR) is 133 cm³/mol. The molecule has 0 saturated heterocycles. The van der Waals surface area contributed by atoms with E-state index in [-0.39, 0.29) is 5.91 Å². The van der Waals surface area contributed by atoms with Gasteiger partial charge in [-0.15, -0.1) is 0 Å². The Morgan fingerprint density at radius 2 is 1.80 bits per heavy atom. The van der Waals surface area contributed by atoms with Gasteiger partial charge < -0.3 is 19.9 Å². The van der Waals surface area contributed by atoms with Crippen LogP contribution in [0.15, 0.2) is 60.7 Å². The molecule has 1 atom stereocenters. The first kappa shape index (κ1) is 23.2. The van der Waals surface area contributed by atoms with Gasteiger partial charge in [-0.05, 0) is 73.1 Å². The molecule has 0 spiro atoms. The van der Waals surface area contributed by atoms with Crippen molar-refractivity contribution in [2.45, 2.75) is 37.5 Å². The van der Waals surface area contributed by atoms with Gasteiger partial charge in [0.2, 0.25) is 0 Å². The highest BCUT2D eigenvalue weighted by Crippen LogP contribution is 2.42. The van der Waals surface area contributed by atoms with Crippen molar-refractivity contribution in [2.75, 3.05) is 13.2 Å². The van der Waals surface area contributed by atoms with Crippen LogP contribution in [0.5, 0.6) is 17.2 Å². The first-order valence-electron chi connectivity index (χ1n) is 11.8. The summed E-state index contributed by atoms with van der Waals surface area (Å²) < 4.78 is 11.5. The lowest BCUT2D eigenvalue weighted by atomic mass is 9.93. The molecule has 6 nitrogen and oxygen atoms in total. The third-order valence-corrected chi connectivity index (χ3v) is 6.79. The van der Waals surface area contributed by atoms with Crippen LogP contribution in [0.3, 0.4) is 0 Å². The number of rotatable bonds is 8. The van der Waals surface area contributed by atoms with Crippen LogP contribution in [-0.2, 0) is 11.2 Å². The van der Waals surface area contributed by atoms with Crippen LogP contribution < -0.4 is 14.8 Å². The molecule has 1 unspecified atom stereocenters. The van der Waals surface area contributed by atoms with E-state index in [2.05, 4.69) is 23.5 Å². The average molecular weight is 492 g/mol. The Morgan fingerprint density at radius 3 is 2.54 bits per heavy atom. The third-order valence-electron chi connectivity index (χ3n) is 6.50. The summed E-state index contributed by atoms with van der Waals surface area (Å²) in [7, 11) is 0. The minimum atomic E-state index is -0.903. The molecule has 1 saturated carbocycles. The van der Waals surface area contributed by atoms with Gasteiger partial charge in [0.1, 0.15) is 17.2 Å². The Bertz CT molecular complexity index is 1250. The molecule has 1 amide bonds. The smallest absolute Gasteiger partial charge is 0.311 e. The zero-order valence-corrected chi connectivity index (χ0v) is 19.9. The third kappa shape index (κ3) is 5.28. The molecule has 1 aliphatic carbocycles. The summed E-state index contributed by atoms with van der Waals surface area (Å²) in [5.74, 6) is 0.326. The molecule has 3 aromatic rings. The number of carboxylic acid groups (broad SMARTS) is 1. The molecule has 2 N–H and O–H groups in total. The summed E-state index contributed by atoms with van der Waals surface area (Å²) in [6, 6.07) is 18.5. The van der Waals surface area contributed by atoms with Gasteiger partial charge in [0.05, 0.1) is 17.5 Å². The number of hydrogen-bond donors (Lipinski definition) is 2. The lowest BCUT2D eigenvalue weighted by Gasteiger charge is -2.24. The maximum absolute atomic E-state index is 12.6. The summed E-state index contributed by atoms with van der Waals surface area (Å²) in [5, 5.41) is 12.7. The van der Waals surface area contributed by atoms with Crippen molar-refractivity contribution in [2.24, 2.45) is 0 Å². The molecule has 3 aromatic carbocycles. The number of ether oxygens (including phenoxy) is 2. The Morgan fingerprint density at radius 1 is 1.03 bits per heavy atom. The highest BCUT2D eigenvalue weighted by Gasteiger charge is 2.29. The second-order valence-electron chi connectivity index (χ2n) is 8.95. The summed E-state index contributed by atoms with van der Waals surface area (Å²) in [6.45, 7) is 0.893. The molecule has 5 rings (SSSR count). The van der Waals surface area contributed by atoms with E-state index in [1.165, 1.54) is 24.0 Å². The lowest BCUT2D eigenvalue weighted by Crippen LogP contribution is -2.25. The van der Waals surface area contributed by atoms with Crippen molar-refractivity contribution >= 4 is 23.5 Å². The number of carbonyl (C=O) groups is 2. The number of amides is 1. The quantitative estimate of drug-likeness (QED) is 0.407. The van der Waals surface area contributed by atoms with Crippen molar-refractivity contribution in [3.05, 3.63) is 87.9 Å². The molecule has 0 aromatic heterocycles. The van der Waals surface area contributed by atoms with E-state index in [0.717, 1.165) is 6.42 Å². The van der Waals surface area contributed by atoms with Crippen LogP contribution in [0.4, 0.5) is 0 Å². The van der Waals surface area contributed by atoms with Crippen LogP contribution in [0.25, 0.3) is 0 Å². The van der Waals surface area contributed by atoms with Gasteiger partial charge in [0, 0.05) is 23.7 Å². The standard InChI is InChI=1S/C28H26ClNO5/c29-24-15-23-22(28(32)33)12-14-34-25(23)16-26(24)35-20-9-7-19(8-10-20)27(31)30-13-11-17-3-1-2-4-21(17)18-5-6-18/h1-4,7-10,15-16,18,22H,5-6,11-14H2,(H,30,31)(H,32,33). The number of fused-ring (bicyclic) bond motifs is 1. The van der Waals surface area contributed by atoms with Crippen LogP contribution in [0, 0.1) is 0 Å². The second kappa shape index (κ2) is 10.0. The molecule has 180 valence electrons. The molecule has 1 aliphatic heterocycles. The van der Waals surface area contributed by atoms with Crippen molar-refractivity contribution in [1.29, 1.82) is 0 Å². The van der Waals surface area contributed by atoms with E-state index in [9.17, 15) is 14.7 Å². The predicted octanol–water partition coefficient (Wildman–Crippen LogP) is 5.93. The number of aliphatic carboxylic acids is 1. The van der Waals surface area contributed by atoms with Crippen LogP contribution in [0.1, 0.15) is 58.1 Å². The first-order valence-corrected chi connectivity index (χ1v) is 12.2. The molecule has 35 heavy (non-hydrogen) atoms. The van der Waals surface area contributed by atoms with Crippen LogP contribution >= 0.6 is 11.6 Å². The van der Waals surface area contributed by atoms with Gasteiger partial charge in [-0.25, -0.2) is 0 Å². The fourth-order valence-corrected chi connectivity index (χ4v) is 4.70. The molecule has 1 heterocycles. The molecule has 7 heteroatoms. The highest BCUT2D eigenvalue weighted by atomic mass is 35.5. The van der Waals surface area contributed by atoms with E-state index in [0.29, 0.717) is 58.9 Å². The lowest BCUT2D eigenvalue weighted by molar-refractivity contribution is -0.139. The SMILES string of the molecule is O=C(NCCc1ccccc1C1CC1)c1ccc(Oc2cc3c(cc2Cl)C(C(=O)O)CCO3)cc1. The molecule has 0 radical (unpaired) electrons. The fourth-order valence-electron chi connectivity index (χ4n) is 4.49. The largest absolute Gasteiger partial charge is 0.493 e.